The first kappa shape index (κ1) is 16.8. The first-order chi connectivity index (χ1) is 13.6. The second kappa shape index (κ2) is 6.38. The summed E-state index contributed by atoms with van der Waals surface area (Å²) in [7, 11) is 1.86. The number of nitrogens with zero attached hydrogens (tertiary/aromatic N) is 5. The van der Waals surface area contributed by atoms with E-state index in [9.17, 15) is 9.18 Å². The maximum absolute atomic E-state index is 13.4. The average molecular weight is 379 g/mol. The Morgan fingerprint density at radius 3 is 3.04 bits per heavy atom. The van der Waals surface area contributed by atoms with Crippen LogP contribution in [0.5, 0.6) is 0 Å². The lowest BCUT2D eigenvalue weighted by molar-refractivity contribution is 0.102. The molecule has 0 unspecified atom stereocenters. The standard InChI is InChI=1S/C19H18FN7O/c1-26-16-3-2-11(4-12(16)6-23-26)19(28)25-17-10-27-9-15(24-18(27)8-22-17)14-5-13(20)7-21-14/h2-4,6,8-10,13-14,21H,5,7H2,1H3,(H,25,28)/t13-,14-/m1/s1. The van der Waals surface area contributed by atoms with Crippen molar-refractivity contribution in [2.45, 2.75) is 18.6 Å². The number of hydrogen-bond donors (Lipinski definition) is 2. The maximum Gasteiger partial charge on any atom is 0.256 e. The maximum atomic E-state index is 13.4. The van der Waals surface area contributed by atoms with E-state index in [1.807, 2.05) is 19.3 Å². The molecular formula is C19H18FN7O. The van der Waals surface area contributed by atoms with Gasteiger partial charge in [0.15, 0.2) is 5.65 Å². The zero-order chi connectivity index (χ0) is 19.3. The summed E-state index contributed by atoms with van der Waals surface area (Å²) in [5.41, 5.74) is 2.90. The van der Waals surface area contributed by atoms with Crippen LogP contribution in [0.15, 0.2) is 43.0 Å². The van der Waals surface area contributed by atoms with Gasteiger partial charge in [0.2, 0.25) is 0 Å². The summed E-state index contributed by atoms with van der Waals surface area (Å²) in [6.45, 7) is 0.347. The summed E-state index contributed by atoms with van der Waals surface area (Å²) in [5.74, 6) is 0.158. The predicted octanol–water partition coefficient (Wildman–Crippen LogP) is 2.24. The van der Waals surface area contributed by atoms with Gasteiger partial charge in [0, 0.05) is 37.2 Å². The number of carbonyl (C=O) groups excluding carboxylic acids is 1. The SMILES string of the molecule is Cn1ncc2cc(C(=O)Nc3cn4cc([C@H]5C[C@@H](F)CN5)nc4cn3)ccc21. The van der Waals surface area contributed by atoms with Gasteiger partial charge in [-0.1, -0.05) is 0 Å². The Balaban J connectivity index is 1.38. The molecule has 0 spiro atoms. The van der Waals surface area contributed by atoms with E-state index in [1.165, 1.54) is 0 Å². The van der Waals surface area contributed by atoms with Gasteiger partial charge in [0.05, 0.1) is 35.8 Å². The molecule has 4 aromatic rings. The summed E-state index contributed by atoms with van der Waals surface area (Å²) < 4.78 is 17.0. The summed E-state index contributed by atoms with van der Waals surface area (Å²) in [6.07, 6.45) is 6.42. The van der Waals surface area contributed by atoms with Gasteiger partial charge in [-0.15, -0.1) is 0 Å². The lowest BCUT2D eigenvalue weighted by atomic mass is 10.1. The second-order valence-electron chi connectivity index (χ2n) is 6.99. The Labute approximate surface area is 159 Å². The van der Waals surface area contributed by atoms with E-state index in [0.29, 0.717) is 30.0 Å². The van der Waals surface area contributed by atoms with Crippen LogP contribution in [-0.4, -0.2) is 42.8 Å². The van der Waals surface area contributed by atoms with E-state index in [0.717, 1.165) is 16.6 Å². The highest BCUT2D eigenvalue weighted by molar-refractivity contribution is 6.05. The zero-order valence-electron chi connectivity index (χ0n) is 15.1. The number of nitrogens with one attached hydrogen (secondary N) is 2. The Hall–Kier alpha value is -3.33. The van der Waals surface area contributed by atoms with Gasteiger partial charge in [-0.05, 0) is 18.2 Å². The number of halogens is 1. The molecule has 1 aliphatic rings. The van der Waals surface area contributed by atoms with E-state index in [1.54, 1.807) is 39.8 Å². The number of alkyl halides is 1. The van der Waals surface area contributed by atoms with E-state index in [-0.39, 0.29) is 11.9 Å². The number of imidazole rings is 1. The molecular weight excluding hydrogens is 361 g/mol. The lowest BCUT2D eigenvalue weighted by Crippen LogP contribution is -2.14. The van der Waals surface area contributed by atoms with Crippen LogP contribution in [0, 0.1) is 0 Å². The molecule has 28 heavy (non-hydrogen) atoms. The van der Waals surface area contributed by atoms with Crippen molar-refractivity contribution in [2.75, 3.05) is 11.9 Å². The normalized spacial score (nSPS) is 19.5. The average Bonchev–Trinajstić information content (AvgIpc) is 3.39. The topological polar surface area (TPSA) is 89.1 Å². The highest BCUT2D eigenvalue weighted by Crippen LogP contribution is 2.25. The Bertz CT molecular complexity index is 1200. The minimum absolute atomic E-state index is 0.0980. The number of hydrogen-bond acceptors (Lipinski definition) is 5. The number of benzene rings is 1. The Morgan fingerprint density at radius 2 is 2.21 bits per heavy atom. The summed E-state index contributed by atoms with van der Waals surface area (Å²) in [6, 6.07) is 5.32. The highest BCUT2D eigenvalue weighted by atomic mass is 19.1. The molecule has 0 bridgehead atoms. The third-order valence-electron chi connectivity index (χ3n) is 5.04. The number of amides is 1. The van der Waals surface area contributed by atoms with Gasteiger partial charge in [-0.2, -0.15) is 5.10 Å². The van der Waals surface area contributed by atoms with E-state index < -0.39 is 6.17 Å². The van der Waals surface area contributed by atoms with E-state index >= 15 is 0 Å². The van der Waals surface area contributed by atoms with Crippen LogP contribution in [0.1, 0.15) is 28.5 Å². The molecule has 9 heteroatoms. The molecule has 2 N–H and O–H groups in total. The third-order valence-corrected chi connectivity index (χ3v) is 5.04. The molecule has 4 heterocycles. The fourth-order valence-corrected chi connectivity index (χ4v) is 3.56. The molecule has 0 saturated carbocycles. The molecule has 8 nitrogen and oxygen atoms in total. The van der Waals surface area contributed by atoms with Crippen molar-refractivity contribution in [3.8, 4) is 0 Å². The number of aromatic nitrogens is 5. The highest BCUT2D eigenvalue weighted by Gasteiger charge is 2.26. The molecule has 1 amide bonds. The Kier molecular flexibility index (Phi) is 3.83. The smallest absolute Gasteiger partial charge is 0.256 e. The van der Waals surface area contributed by atoms with Gasteiger partial charge in [0.1, 0.15) is 12.0 Å². The van der Waals surface area contributed by atoms with Gasteiger partial charge in [-0.25, -0.2) is 14.4 Å². The summed E-state index contributed by atoms with van der Waals surface area (Å²) in [5, 5.41) is 11.0. The molecule has 2 atom stereocenters. The molecule has 1 aromatic carbocycles. The molecule has 3 aromatic heterocycles. The van der Waals surface area contributed by atoms with Crippen molar-refractivity contribution in [3.05, 3.63) is 54.2 Å². The minimum atomic E-state index is -0.847. The van der Waals surface area contributed by atoms with Crippen molar-refractivity contribution in [1.29, 1.82) is 0 Å². The largest absolute Gasteiger partial charge is 0.306 e. The number of fused-ring (bicyclic) bond motifs is 2. The van der Waals surface area contributed by atoms with E-state index in [2.05, 4.69) is 25.7 Å². The first-order valence-corrected chi connectivity index (χ1v) is 9.02. The van der Waals surface area contributed by atoms with Crippen molar-refractivity contribution in [1.82, 2.24) is 29.5 Å². The van der Waals surface area contributed by atoms with Crippen LogP contribution >= 0.6 is 0 Å². The van der Waals surface area contributed by atoms with Crippen molar-refractivity contribution >= 4 is 28.3 Å². The lowest BCUT2D eigenvalue weighted by Gasteiger charge is -2.05. The second-order valence-corrected chi connectivity index (χ2v) is 6.99. The van der Waals surface area contributed by atoms with Gasteiger partial charge in [-0.3, -0.25) is 9.48 Å². The Morgan fingerprint density at radius 1 is 1.32 bits per heavy atom. The number of carbonyl (C=O) groups is 1. The molecule has 1 fully saturated rings. The third kappa shape index (κ3) is 2.89. The van der Waals surface area contributed by atoms with Crippen LogP contribution < -0.4 is 10.6 Å². The van der Waals surface area contributed by atoms with Crippen molar-refractivity contribution in [2.24, 2.45) is 7.05 Å². The molecule has 1 aliphatic heterocycles. The van der Waals surface area contributed by atoms with Crippen molar-refractivity contribution in [3.63, 3.8) is 0 Å². The fourth-order valence-electron chi connectivity index (χ4n) is 3.56. The molecule has 0 radical (unpaired) electrons. The van der Waals surface area contributed by atoms with Gasteiger partial charge >= 0.3 is 0 Å². The van der Waals surface area contributed by atoms with Crippen molar-refractivity contribution < 1.29 is 9.18 Å². The quantitative estimate of drug-likeness (QED) is 0.570. The summed E-state index contributed by atoms with van der Waals surface area (Å²) >= 11 is 0. The van der Waals surface area contributed by atoms with Crippen LogP contribution in [0.3, 0.4) is 0 Å². The number of aryl methyl sites for hydroxylation is 1. The number of rotatable bonds is 3. The molecule has 142 valence electrons. The monoisotopic (exact) mass is 379 g/mol. The van der Waals surface area contributed by atoms with Crippen LogP contribution in [0.4, 0.5) is 10.2 Å². The van der Waals surface area contributed by atoms with Crippen LogP contribution in [-0.2, 0) is 7.05 Å². The summed E-state index contributed by atoms with van der Waals surface area (Å²) in [4.78, 5) is 21.4. The molecule has 1 saturated heterocycles. The first-order valence-electron chi connectivity index (χ1n) is 9.02. The fraction of sp³-hybridized carbons (Fsp3) is 0.263. The number of anilines is 1. The van der Waals surface area contributed by atoms with E-state index in [4.69, 9.17) is 0 Å². The van der Waals surface area contributed by atoms with Gasteiger partial charge in [0.25, 0.3) is 5.91 Å². The molecule has 0 aliphatic carbocycles. The molecule has 5 rings (SSSR count). The predicted molar refractivity (Wildman–Crippen MR) is 102 cm³/mol. The van der Waals surface area contributed by atoms with Crippen LogP contribution in [0.2, 0.25) is 0 Å². The zero-order valence-corrected chi connectivity index (χ0v) is 15.1. The minimum Gasteiger partial charge on any atom is -0.306 e. The van der Waals surface area contributed by atoms with Crippen LogP contribution in [0.25, 0.3) is 16.6 Å². The van der Waals surface area contributed by atoms with Gasteiger partial charge < -0.3 is 15.0 Å².